The fourth-order valence-corrected chi connectivity index (χ4v) is 1.60. The summed E-state index contributed by atoms with van der Waals surface area (Å²) in [4.78, 5) is 11.9. The maximum atomic E-state index is 13.0. The van der Waals surface area contributed by atoms with Crippen molar-refractivity contribution in [2.45, 2.75) is 25.8 Å². The Balaban J connectivity index is 2.86. The highest BCUT2D eigenvalue weighted by Crippen LogP contribution is 2.17. The first-order valence-corrected chi connectivity index (χ1v) is 6.09. The summed E-state index contributed by atoms with van der Waals surface area (Å²) in [5.74, 6) is -0.744. The summed E-state index contributed by atoms with van der Waals surface area (Å²) in [6.45, 7) is 3.48. The highest BCUT2D eigenvalue weighted by molar-refractivity contribution is 9.10. The van der Waals surface area contributed by atoms with Gasteiger partial charge in [0.1, 0.15) is 5.82 Å². The molecule has 1 atom stereocenters. The van der Waals surface area contributed by atoms with Gasteiger partial charge in [-0.05, 0) is 47.5 Å². The van der Waals surface area contributed by atoms with E-state index in [0.29, 0.717) is 12.0 Å². The number of aliphatic hydroxyl groups excluding tert-OH is 1. The molecule has 94 valence electrons. The van der Waals surface area contributed by atoms with Crippen molar-refractivity contribution in [1.29, 1.82) is 0 Å². The number of nitrogens with one attached hydrogen (secondary N) is 1. The van der Waals surface area contributed by atoms with E-state index in [1.165, 1.54) is 18.2 Å². The number of hydrogen-bond acceptors (Lipinski definition) is 2. The molecule has 0 heterocycles. The monoisotopic (exact) mass is 303 g/mol. The number of halogens is 2. The van der Waals surface area contributed by atoms with Crippen LogP contribution in [0.25, 0.3) is 0 Å². The number of rotatable bonds is 4. The summed E-state index contributed by atoms with van der Waals surface area (Å²) >= 11 is 3.02. The first-order chi connectivity index (χ1) is 7.91. The lowest BCUT2D eigenvalue weighted by molar-refractivity contribution is 0.0847. The van der Waals surface area contributed by atoms with E-state index in [-0.39, 0.29) is 17.0 Å². The van der Waals surface area contributed by atoms with Gasteiger partial charge in [0.25, 0.3) is 5.91 Å². The number of aliphatic hydroxyl groups is 1. The molecule has 1 rings (SSSR count). The summed E-state index contributed by atoms with van der Waals surface area (Å²) < 4.78 is 13.3. The Bertz CT molecular complexity index is 419. The Morgan fingerprint density at radius 3 is 2.71 bits per heavy atom. The van der Waals surface area contributed by atoms with E-state index < -0.39 is 11.4 Å². The third kappa shape index (κ3) is 3.51. The number of carbonyl (C=O) groups is 1. The largest absolute Gasteiger partial charge is 0.394 e. The standard InChI is InChI=1S/C12H15BrFNO2/c1-3-12(2,7-16)15-11(17)8-4-5-10(14)9(13)6-8/h4-6,16H,3,7H2,1-2H3,(H,15,17). The zero-order chi connectivity index (χ0) is 13.1. The zero-order valence-corrected chi connectivity index (χ0v) is 11.3. The Labute approximate surface area is 108 Å². The van der Waals surface area contributed by atoms with Crippen molar-refractivity contribution in [3.05, 3.63) is 34.1 Å². The van der Waals surface area contributed by atoms with Crippen LogP contribution >= 0.6 is 15.9 Å². The van der Waals surface area contributed by atoms with Crippen molar-refractivity contribution in [3.63, 3.8) is 0 Å². The molecule has 0 radical (unpaired) electrons. The molecule has 0 saturated carbocycles. The lowest BCUT2D eigenvalue weighted by Gasteiger charge is -2.27. The van der Waals surface area contributed by atoms with E-state index in [4.69, 9.17) is 0 Å². The van der Waals surface area contributed by atoms with E-state index in [0.717, 1.165) is 0 Å². The van der Waals surface area contributed by atoms with Gasteiger partial charge in [0.2, 0.25) is 0 Å². The molecule has 0 aromatic heterocycles. The first kappa shape index (κ1) is 14.1. The smallest absolute Gasteiger partial charge is 0.251 e. The van der Waals surface area contributed by atoms with Crippen LogP contribution in [-0.2, 0) is 0 Å². The average Bonchev–Trinajstić information content (AvgIpc) is 2.32. The lowest BCUT2D eigenvalue weighted by Crippen LogP contribution is -2.48. The molecule has 3 nitrogen and oxygen atoms in total. The molecule has 0 fully saturated rings. The molecule has 0 bridgehead atoms. The summed E-state index contributed by atoms with van der Waals surface area (Å²) in [5, 5.41) is 11.9. The molecule has 1 amide bonds. The summed E-state index contributed by atoms with van der Waals surface area (Å²) in [7, 11) is 0. The van der Waals surface area contributed by atoms with Crippen LogP contribution < -0.4 is 5.32 Å². The van der Waals surface area contributed by atoms with E-state index >= 15 is 0 Å². The SMILES string of the molecule is CCC(C)(CO)NC(=O)c1ccc(F)c(Br)c1. The second-order valence-electron chi connectivity index (χ2n) is 4.16. The molecule has 0 aliphatic heterocycles. The van der Waals surface area contributed by atoms with Crippen molar-refractivity contribution in [1.82, 2.24) is 5.32 Å². The van der Waals surface area contributed by atoms with Crippen LogP contribution in [0, 0.1) is 5.82 Å². The van der Waals surface area contributed by atoms with Crippen LogP contribution in [0.15, 0.2) is 22.7 Å². The molecule has 1 unspecified atom stereocenters. The van der Waals surface area contributed by atoms with Gasteiger partial charge in [-0.15, -0.1) is 0 Å². The summed E-state index contributed by atoms with van der Waals surface area (Å²) in [6.07, 6.45) is 0.609. The van der Waals surface area contributed by atoms with Gasteiger partial charge in [-0.3, -0.25) is 4.79 Å². The molecule has 17 heavy (non-hydrogen) atoms. The van der Waals surface area contributed by atoms with E-state index in [1.807, 2.05) is 6.92 Å². The predicted molar refractivity (Wildman–Crippen MR) is 67.3 cm³/mol. The van der Waals surface area contributed by atoms with Crippen LogP contribution in [0.1, 0.15) is 30.6 Å². The maximum absolute atomic E-state index is 13.0. The van der Waals surface area contributed by atoms with Crippen LogP contribution in [-0.4, -0.2) is 23.2 Å². The molecule has 0 aliphatic rings. The van der Waals surface area contributed by atoms with Gasteiger partial charge >= 0.3 is 0 Å². The number of benzene rings is 1. The molecule has 2 N–H and O–H groups in total. The van der Waals surface area contributed by atoms with Crippen LogP contribution in [0.4, 0.5) is 4.39 Å². The molecule has 0 aliphatic carbocycles. The highest BCUT2D eigenvalue weighted by atomic mass is 79.9. The molecular formula is C12H15BrFNO2. The molecular weight excluding hydrogens is 289 g/mol. The van der Waals surface area contributed by atoms with Gasteiger partial charge in [0.05, 0.1) is 16.6 Å². The minimum Gasteiger partial charge on any atom is -0.394 e. The van der Waals surface area contributed by atoms with Gasteiger partial charge in [-0.25, -0.2) is 4.39 Å². The third-order valence-corrected chi connectivity index (χ3v) is 3.33. The Kier molecular flexibility index (Phi) is 4.65. The minimum absolute atomic E-state index is 0.141. The van der Waals surface area contributed by atoms with E-state index in [9.17, 15) is 14.3 Å². The highest BCUT2D eigenvalue weighted by Gasteiger charge is 2.23. The first-order valence-electron chi connectivity index (χ1n) is 5.30. The van der Waals surface area contributed by atoms with Crippen molar-refractivity contribution in [3.8, 4) is 0 Å². The zero-order valence-electron chi connectivity index (χ0n) is 9.76. The van der Waals surface area contributed by atoms with Crippen LogP contribution in [0.2, 0.25) is 0 Å². The molecule has 1 aromatic carbocycles. The predicted octanol–water partition coefficient (Wildman–Crippen LogP) is 2.48. The number of amides is 1. The number of carbonyl (C=O) groups excluding carboxylic acids is 1. The Hall–Kier alpha value is -0.940. The van der Waals surface area contributed by atoms with Crippen molar-refractivity contribution in [2.24, 2.45) is 0 Å². The summed E-state index contributed by atoms with van der Waals surface area (Å²) in [5.41, 5.74) is -0.302. The minimum atomic E-state index is -0.655. The molecule has 5 heteroatoms. The fraction of sp³-hybridized carbons (Fsp3) is 0.417. The van der Waals surface area contributed by atoms with Gasteiger partial charge in [-0.1, -0.05) is 6.92 Å². The maximum Gasteiger partial charge on any atom is 0.251 e. The lowest BCUT2D eigenvalue weighted by atomic mass is 9.99. The Morgan fingerprint density at radius 2 is 2.24 bits per heavy atom. The second kappa shape index (κ2) is 5.60. The van der Waals surface area contributed by atoms with Crippen LogP contribution in [0.3, 0.4) is 0 Å². The van der Waals surface area contributed by atoms with Crippen molar-refractivity contribution in [2.75, 3.05) is 6.61 Å². The topological polar surface area (TPSA) is 49.3 Å². The average molecular weight is 304 g/mol. The van der Waals surface area contributed by atoms with Gasteiger partial charge < -0.3 is 10.4 Å². The Morgan fingerprint density at radius 1 is 1.59 bits per heavy atom. The normalized spacial score (nSPS) is 14.2. The molecule has 1 aromatic rings. The van der Waals surface area contributed by atoms with Gasteiger partial charge in [0, 0.05) is 5.56 Å². The summed E-state index contributed by atoms with van der Waals surface area (Å²) in [6, 6.07) is 4.04. The van der Waals surface area contributed by atoms with E-state index in [1.54, 1.807) is 6.92 Å². The van der Waals surface area contributed by atoms with Crippen molar-refractivity contribution < 1.29 is 14.3 Å². The van der Waals surface area contributed by atoms with E-state index in [2.05, 4.69) is 21.2 Å². The van der Waals surface area contributed by atoms with Crippen LogP contribution in [0.5, 0.6) is 0 Å². The van der Waals surface area contributed by atoms with Crippen molar-refractivity contribution >= 4 is 21.8 Å². The van der Waals surface area contributed by atoms with Gasteiger partial charge in [-0.2, -0.15) is 0 Å². The quantitative estimate of drug-likeness (QED) is 0.898. The fourth-order valence-electron chi connectivity index (χ4n) is 1.22. The third-order valence-electron chi connectivity index (χ3n) is 2.73. The number of hydrogen-bond donors (Lipinski definition) is 2. The molecule has 0 saturated heterocycles. The van der Waals surface area contributed by atoms with Gasteiger partial charge in [0.15, 0.2) is 0 Å². The second-order valence-corrected chi connectivity index (χ2v) is 5.01. The molecule has 0 spiro atoms.